The Labute approximate surface area is 274 Å². The lowest BCUT2D eigenvalue weighted by Gasteiger charge is -2.23. The van der Waals surface area contributed by atoms with E-state index in [0.717, 1.165) is 70.6 Å². The first-order chi connectivity index (χ1) is 21.9. The summed E-state index contributed by atoms with van der Waals surface area (Å²) in [5.41, 5.74) is 5.32. The summed E-state index contributed by atoms with van der Waals surface area (Å²) in [6.07, 6.45) is 38.6. The van der Waals surface area contributed by atoms with Crippen molar-refractivity contribution in [2.75, 3.05) is 19.8 Å². The van der Waals surface area contributed by atoms with Gasteiger partial charge in [-0.3, -0.25) is 13.8 Å². The second-order valence-corrected chi connectivity index (χ2v) is 12.8. The number of carbonyl (C=O) groups is 1. The Bertz CT molecular complexity index is 887. The van der Waals surface area contributed by atoms with Gasteiger partial charge in [0.2, 0.25) is 5.91 Å². The van der Waals surface area contributed by atoms with Gasteiger partial charge in [-0.1, -0.05) is 120 Å². The Morgan fingerprint density at radius 2 is 1.29 bits per heavy atom. The molecule has 0 aliphatic carbocycles. The molecule has 0 saturated heterocycles. The fourth-order valence-corrected chi connectivity index (χ4v) is 5.15. The highest BCUT2D eigenvalue weighted by atomic mass is 31.2. The van der Waals surface area contributed by atoms with Crippen molar-refractivity contribution >= 4 is 13.7 Å². The number of hydrogen-bond donors (Lipinski definition) is 4. The van der Waals surface area contributed by atoms with Crippen LogP contribution in [-0.4, -0.2) is 47.8 Å². The predicted octanol–water partition coefficient (Wildman–Crippen LogP) is 8.77. The van der Waals surface area contributed by atoms with Crippen LogP contribution >= 0.6 is 7.82 Å². The molecule has 0 rings (SSSR count). The molecule has 0 aromatic rings. The molecule has 0 saturated carbocycles. The van der Waals surface area contributed by atoms with Gasteiger partial charge >= 0.3 is 7.82 Å². The average molecular weight is 653 g/mol. The fourth-order valence-electron chi connectivity index (χ4n) is 4.39. The molecule has 0 radical (unpaired) electrons. The van der Waals surface area contributed by atoms with E-state index < -0.39 is 20.0 Å². The molecule has 0 aromatic heterocycles. The number of nitrogens with two attached hydrogens (primary N) is 1. The van der Waals surface area contributed by atoms with Crippen molar-refractivity contribution in [2.45, 2.75) is 142 Å². The zero-order chi connectivity index (χ0) is 33.3. The first kappa shape index (κ1) is 43.2. The standard InChI is InChI=1S/C36H65N2O6P/c1-3-5-7-9-11-12-13-14-15-16-17-18-19-20-21-22-24-26-28-30-36(40)38-34(33-44-45(41,42)43-32-31-37)35(39)29-27-25-23-10-8-6-4-2/h8,10-12,14-15,17-18,27,29,34-35,39H,3-7,9,13,16,19-26,28,30-33,37H2,1-2H3,(H,38,40)(H,41,42)/b10-8+,12-11-,15-14-,18-17-,29-27+. The minimum absolute atomic E-state index is 0.0682. The van der Waals surface area contributed by atoms with Gasteiger partial charge in [0.1, 0.15) is 0 Å². The monoisotopic (exact) mass is 652 g/mol. The average Bonchev–Trinajstić information content (AvgIpc) is 3.02. The van der Waals surface area contributed by atoms with Crippen molar-refractivity contribution in [3.63, 3.8) is 0 Å². The minimum Gasteiger partial charge on any atom is -0.387 e. The Balaban J connectivity index is 4.26. The summed E-state index contributed by atoms with van der Waals surface area (Å²) < 4.78 is 21.9. The maximum atomic E-state index is 12.6. The summed E-state index contributed by atoms with van der Waals surface area (Å²) in [5.74, 6) is -0.226. The van der Waals surface area contributed by atoms with Crippen molar-refractivity contribution < 1.29 is 28.4 Å². The number of allylic oxidation sites excluding steroid dienone is 9. The molecule has 8 nitrogen and oxygen atoms in total. The summed E-state index contributed by atoms with van der Waals surface area (Å²) >= 11 is 0. The lowest BCUT2D eigenvalue weighted by molar-refractivity contribution is -0.123. The summed E-state index contributed by atoms with van der Waals surface area (Å²) in [4.78, 5) is 22.4. The number of unbranched alkanes of at least 4 members (excludes halogenated alkanes) is 11. The summed E-state index contributed by atoms with van der Waals surface area (Å²) in [7, 11) is -4.34. The maximum absolute atomic E-state index is 12.6. The molecule has 3 unspecified atom stereocenters. The van der Waals surface area contributed by atoms with Crippen LogP contribution in [-0.2, 0) is 18.4 Å². The quantitative estimate of drug-likeness (QED) is 0.0334. The van der Waals surface area contributed by atoms with Gasteiger partial charge < -0.3 is 21.1 Å². The molecule has 0 aromatic carbocycles. The molecular formula is C36H65N2O6P. The molecule has 45 heavy (non-hydrogen) atoms. The zero-order valence-corrected chi connectivity index (χ0v) is 29.2. The number of carbonyl (C=O) groups excluding carboxylic acids is 1. The lowest BCUT2D eigenvalue weighted by atomic mass is 10.1. The van der Waals surface area contributed by atoms with Crippen LogP contribution in [0.5, 0.6) is 0 Å². The number of nitrogens with one attached hydrogen (secondary N) is 1. The van der Waals surface area contributed by atoms with Gasteiger partial charge in [0, 0.05) is 13.0 Å². The Morgan fingerprint density at radius 3 is 1.93 bits per heavy atom. The van der Waals surface area contributed by atoms with E-state index >= 15 is 0 Å². The van der Waals surface area contributed by atoms with Gasteiger partial charge in [-0.15, -0.1) is 0 Å². The van der Waals surface area contributed by atoms with E-state index in [1.54, 1.807) is 6.08 Å². The summed E-state index contributed by atoms with van der Waals surface area (Å²) in [5, 5.41) is 13.4. The highest BCUT2D eigenvalue weighted by molar-refractivity contribution is 7.47. The van der Waals surface area contributed by atoms with Crippen LogP contribution in [0.3, 0.4) is 0 Å². The van der Waals surface area contributed by atoms with E-state index in [1.165, 1.54) is 38.5 Å². The first-order valence-electron chi connectivity index (χ1n) is 17.4. The van der Waals surface area contributed by atoms with E-state index in [2.05, 4.69) is 67.8 Å². The topological polar surface area (TPSA) is 131 Å². The molecular weight excluding hydrogens is 587 g/mol. The molecule has 0 aliphatic rings. The van der Waals surface area contributed by atoms with E-state index in [9.17, 15) is 19.4 Å². The van der Waals surface area contributed by atoms with Crippen LogP contribution < -0.4 is 11.1 Å². The number of hydrogen-bond acceptors (Lipinski definition) is 6. The summed E-state index contributed by atoms with van der Waals surface area (Å²) in [6, 6.07) is -0.882. The molecule has 0 bridgehead atoms. The van der Waals surface area contributed by atoms with Crippen molar-refractivity contribution in [1.29, 1.82) is 0 Å². The number of amides is 1. The Morgan fingerprint density at radius 1 is 0.733 bits per heavy atom. The van der Waals surface area contributed by atoms with Crippen LogP contribution in [0.2, 0.25) is 0 Å². The number of aliphatic hydroxyl groups excluding tert-OH is 1. The highest BCUT2D eigenvalue weighted by Gasteiger charge is 2.26. The lowest BCUT2D eigenvalue weighted by Crippen LogP contribution is -2.45. The Kier molecular flexibility index (Phi) is 30.9. The van der Waals surface area contributed by atoms with Gasteiger partial charge in [0.05, 0.1) is 25.4 Å². The van der Waals surface area contributed by atoms with Crippen molar-refractivity contribution in [3.05, 3.63) is 60.8 Å². The van der Waals surface area contributed by atoms with Gasteiger partial charge in [0.15, 0.2) is 0 Å². The van der Waals surface area contributed by atoms with Gasteiger partial charge in [0.25, 0.3) is 0 Å². The second kappa shape index (κ2) is 32.2. The minimum atomic E-state index is -4.34. The number of phosphoric ester groups is 1. The number of rotatable bonds is 31. The predicted molar refractivity (Wildman–Crippen MR) is 189 cm³/mol. The normalized spacial score (nSPS) is 15.2. The number of aliphatic hydroxyl groups is 1. The van der Waals surface area contributed by atoms with Crippen molar-refractivity contribution in [1.82, 2.24) is 5.32 Å². The van der Waals surface area contributed by atoms with Crippen LogP contribution in [0.25, 0.3) is 0 Å². The molecule has 3 atom stereocenters. The highest BCUT2D eigenvalue weighted by Crippen LogP contribution is 2.43. The molecule has 0 spiro atoms. The van der Waals surface area contributed by atoms with Gasteiger partial charge in [-0.05, 0) is 64.2 Å². The molecule has 0 fully saturated rings. The van der Waals surface area contributed by atoms with E-state index in [-0.39, 0.29) is 25.7 Å². The number of phosphoric acid groups is 1. The third-order valence-electron chi connectivity index (χ3n) is 7.05. The Hall–Kier alpha value is -1.80. The molecule has 0 aliphatic heterocycles. The second-order valence-electron chi connectivity index (χ2n) is 11.4. The van der Waals surface area contributed by atoms with Gasteiger partial charge in [-0.2, -0.15) is 0 Å². The molecule has 1 amide bonds. The van der Waals surface area contributed by atoms with Gasteiger partial charge in [-0.25, -0.2) is 4.57 Å². The molecule has 9 heteroatoms. The third kappa shape index (κ3) is 30.6. The van der Waals surface area contributed by atoms with E-state index in [4.69, 9.17) is 14.8 Å². The fraction of sp³-hybridized carbons (Fsp3) is 0.694. The maximum Gasteiger partial charge on any atom is 0.472 e. The van der Waals surface area contributed by atoms with Crippen molar-refractivity contribution in [2.24, 2.45) is 5.73 Å². The molecule has 5 N–H and O–H groups in total. The summed E-state index contributed by atoms with van der Waals surface area (Å²) in [6.45, 7) is 3.92. The van der Waals surface area contributed by atoms with E-state index in [0.29, 0.717) is 6.42 Å². The van der Waals surface area contributed by atoms with E-state index in [1.807, 2.05) is 6.08 Å². The van der Waals surface area contributed by atoms with Crippen LogP contribution in [0.4, 0.5) is 0 Å². The third-order valence-corrected chi connectivity index (χ3v) is 8.03. The van der Waals surface area contributed by atoms with Crippen LogP contribution in [0, 0.1) is 0 Å². The molecule has 260 valence electrons. The first-order valence-corrected chi connectivity index (χ1v) is 18.9. The van der Waals surface area contributed by atoms with Crippen LogP contribution in [0.1, 0.15) is 129 Å². The zero-order valence-electron chi connectivity index (χ0n) is 28.3. The van der Waals surface area contributed by atoms with Crippen molar-refractivity contribution in [3.8, 4) is 0 Å². The smallest absolute Gasteiger partial charge is 0.387 e. The largest absolute Gasteiger partial charge is 0.472 e. The SMILES string of the molecule is CCC/C=C/CC/C=C/C(O)C(COP(=O)(O)OCCN)NC(=O)CCCCCCCC/C=C\C/C=C\C/C=C\CCCCC. The van der Waals surface area contributed by atoms with Crippen LogP contribution in [0.15, 0.2) is 60.8 Å². The molecule has 0 heterocycles.